The molecule has 0 aromatic heterocycles. The minimum atomic E-state index is -0.465. The van der Waals surface area contributed by atoms with E-state index in [2.05, 4.69) is 41.5 Å². The minimum Gasteiger partial charge on any atom is -0.385 e. The number of aliphatic hydroxyl groups is 2. The Balaban J connectivity index is 4.66. The van der Waals surface area contributed by atoms with Crippen LogP contribution in [-0.2, 0) is 4.74 Å². The molecule has 5 heteroatoms. The maximum Gasteiger partial charge on any atom is 0.126 e. The fourth-order valence-corrected chi connectivity index (χ4v) is 5.40. The largest absolute Gasteiger partial charge is 0.385 e. The molecule has 2 atom stereocenters. The first kappa shape index (κ1) is 28.8. The molecule has 176 valence electrons. The van der Waals surface area contributed by atoms with Gasteiger partial charge in [-0.15, -0.1) is 0 Å². The van der Waals surface area contributed by atoms with Gasteiger partial charge in [0.25, 0.3) is 0 Å². The first-order chi connectivity index (χ1) is 13.9. The van der Waals surface area contributed by atoms with Gasteiger partial charge in [-0.25, -0.2) is 0 Å². The molecular formula is C24H54N2O3+2. The molecular weight excluding hydrogens is 364 g/mol. The number of nitrogens with zero attached hydrogens (tertiary/aromatic N) is 2. The van der Waals surface area contributed by atoms with Gasteiger partial charge in [0.05, 0.1) is 52.5 Å². The van der Waals surface area contributed by atoms with E-state index in [0.29, 0.717) is 13.2 Å². The summed E-state index contributed by atoms with van der Waals surface area (Å²) < 4.78 is 7.77. The van der Waals surface area contributed by atoms with Crippen molar-refractivity contribution in [2.75, 3.05) is 65.6 Å². The highest BCUT2D eigenvalue weighted by Gasteiger charge is 2.30. The van der Waals surface area contributed by atoms with Crippen LogP contribution in [0.2, 0.25) is 0 Å². The average molecular weight is 419 g/mol. The number of hydrogen-bond donors (Lipinski definition) is 2. The van der Waals surface area contributed by atoms with Gasteiger partial charge < -0.3 is 23.9 Å². The highest BCUT2D eigenvalue weighted by molar-refractivity contribution is 4.60. The molecule has 0 rings (SSSR count). The van der Waals surface area contributed by atoms with Crippen LogP contribution in [0.4, 0.5) is 0 Å². The molecule has 0 radical (unpaired) electrons. The molecule has 0 aliphatic carbocycles. The molecule has 0 saturated heterocycles. The van der Waals surface area contributed by atoms with Crippen molar-refractivity contribution in [3.8, 4) is 0 Å². The molecule has 0 aliphatic heterocycles. The number of hydrogen-bond acceptors (Lipinski definition) is 3. The Hall–Kier alpha value is -0.200. The van der Waals surface area contributed by atoms with E-state index in [1.165, 1.54) is 0 Å². The van der Waals surface area contributed by atoms with Crippen molar-refractivity contribution in [1.29, 1.82) is 0 Å². The van der Waals surface area contributed by atoms with Crippen molar-refractivity contribution in [2.24, 2.45) is 0 Å². The fraction of sp³-hybridized carbons (Fsp3) is 1.00. The molecule has 0 bridgehead atoms. The number of rotatable bonds is 20. The summed E-state index contributed by atoms with van der Waals surface area (Å²) in [7, 11) is 0. The third kappa shape index (κ3) is 11.7. The third-order valence-electron chi connectivity index (χ3n) is 6.00. The lowest BCUT2D eigenvalue weighted by Gasteiger charge is -2.40. The summed E-state index contributed by atoms with van der Waals surface area (Å²) in [6, 6.07) is 0. The Morgan fingerprint density at radius 2 is 0.759 bits per heavy atom. The monoisotopic (exact) mass is 418 g/mol. The lowest BCUT2D eigenvalue weighted by molar-refractivity contribution is -0.931. The molecule has 0 aromatic carbocycles. The SMILES string of the molecule is CCC[N+](CCC)(CCC)CC(O)COCC(O)C[N+](CCC)(CCC)CCC. The summed E-state index contributed by atoms with van der Waals surface area (Å²) in [4.78, 5) is 0. The van der Waals surface area contributed by atoms with E-state index in [-0.39, 0.29) is 0 Å². The number of ether oxygens (including phenoxy) is 1. The van der Waals surface area contributed by atoms with Crippen LogP contribution in [0.15, 0.2) is 0 Å². The zero-order valence-corrected chi connectivity index (χ0v) is 20.7. The van der Waals surface area contributed by atoms with Crippen molar-refractivity contribution in [3.63, 3.8) is 0 Å². The van der Waals surface area contributed by atoms with Crippen LogP contribution in [0, 0.1) is 0 Å². The van der Waals surface area contributed by atoms with E-state index in [4.69, 9.17) is 4.74 Å². The molecule has 2 N–H and O–H groups in total. The zero-order valence-electron chi connectivity index (χ0n) is 20.7. The van der Waals surface area contributed by atoms with Crippen molar-refractivity contribution < 1.29 is 23.9 Å². The van der Waals surface area contributed by atoms with E-state index in [9.17, 15) is 10.2 Å². The summed E-state index contributed by atoms with van der Waals surface area (Å²) in [6.07, 6.45) is 5.90. The zero-order chi connectivity index (χ0) is 22.2. The quantitative estimate of drug-likeness (QED) is 0.296. The highest BCUT2D eigenvalue weighted by Crippen LogP contribution is 2.15. The van der Waals surface area contributed by atoms with Crippen LogP contribution in [0.3, 0.4) is 0 Å². The van der Waals surface area contributed by atoms with Crippen molar-refractivity contribution >= 4 is 0 Å². The molecule has 0 amide bonds. The average Bonchev–Trinajstić information content (AvgIpc) is 2.63. The van der Waals surface area contributed by atoms with Gasteiger partial charge in [-0.05, 0) is 38.5 Å². The first-order valence-corrected chi connectivity index (χ1v) is 12.5. The topological polar surface area (TPSA) is 49.7 Å². The Morgan fingerprint density at radius 1 is 0.517 bits per heavy atom. The summed E-state index contributed by atoms with van der Waals surface area (Å²) in [5, 5.41) is 21.3. The predicted molar refractivity (Wildman–Crippen MR) is 124 cm³/mol. The normalized spacial score (nSPS) is 14.9. The molecule has 0 fully saturated rings. The van der Waals surface area contributed by atoms with E-state index >= 15 is 0 Å². The van der Waals surface area contributed by atoms with Gasteiger partial charge in [0.15, 0.2) is 0 Å². The van der Waals surface area contributed by atoms with Crippen molar-refractivity contribution in [3.05, 3.63) is 0 Å². The third-order valence-corrected chi connectivity index (χ3v) is 6.00. The maximum absolute atomic E-state index is 10.6. The smallest absolute Gasteiger partial charge is 0.126 e. The van der Waals surface area contributed by atoms with Crippen molar-refractivity contribution in [1.82, 2.24) is 0 Å². The summed E-state index contributed by atoms with van der Waals surface area (Å²) in [5.74, 6) is 0. The Morgan fingerprint density at radius 3 is 0.966 bits per heavy atom. The molecule has 0 aliphatic rings. The van der Waals surface area contributed by atoms with E-state index < -0.39 is 12.2 Å². The Labute approximate surface area is 182 Å². The molecule has 0 saturated carbocycles. The lowest BCUT2D eigenvalue weighted by atomic mass is 10.2. The van der Waals surface area contributed by atoms with Gasteiger partial charge >= 0.3 is 0 Å². The maximum atomic E-state index is 10.6. The van der Waals surface area contributed by atoms with Crippen LogP contribution < -0.4 is 0 Å². The van der Waals surface area contributed by atoms with Gasteiger partial charge in [0, 0.05) is 0 Å². The van der Waals surface area contributed by atoms with Crippen LogP contribution in [0.5, 0.6) is 0 Å². The second kappa shape index (κ2) is 16.5. The van der Waals surface area contributed by atoms with Gasteiger partial charge in [-0.3, -0.25) is 0 Å². The standard InChI is InChI=1S/C24H54N2O3/c1-7-13-25(14-8-2,15-9-3)19-23(27)21-29-22-24(28)20-26(16-10-4,17-11-5)18-12-6/h23-24,27-28H,7-22H2,1-6H3/q+2. The van der Waals surface area contributed by atoms with Crippen LogP contribution in [0.1, 0.15) is 80.1 Å². The molecule has 0 spiro atoms. The predicted octanol–water partition coefficient (Wildman–Crippen LogP) is 3.82. The number of aliphatic hydroxyl groups excluding tert-OH is 2. The molecule has 2 unspecified atom stereocenters. The Bertz CT molecular complexity index is 311. The second-order valence-electron chi connectivity index (χ2n) is 9.24. The van der Waals surface area contributed by atoms with Crippen LogP contribution >= 0.6 is 0 Å². The lowest BCUT2D eigenvalue weighted by Crippen LogP contribution is -2.55. The number of quaternary nitrogens is 2. The van der Waals surface area contributed by atoms with E-state index in [1.807, 2.05) is 0 Å². The van der Waals surface area contributed by atoms with Crippen LogP contribution in [0.25, 0.3) is 0 Å². The summed E-state index contributed by atoms with van der Waals surface area (Å²) in [5.41, 5.74) is 0. The summed E-state index contributed by atoms with van der Waals surface area (Å²) >= 11 is 0. The molecule has 29 heavy (non-hydrogen) atoms. The minimum absolute atomic E-state index is 0.323. The Kier molecular flexibility index (Phi) is 16.4. The van der Waals surface area contributed by atoms with E-state index in [0.717, 1.165) is 99.8 Å². The summed E-state index contributed by atoms with van der Waals surface area (Å²) in [6.45, 7) is 22.2. The van der Waals surface area contributed by atoms with Crippen LogP contribution in [-0.4, -0.2) is 97.0 Å². The van der Waals surface area contributed by atoms with Crippen molar-refractivity contribution in [2.45, 2.75) is 92.3 Å². The highest BCUT2D eigenvalue weighted by atomic mass is 16.5. The van der Waals surface area contributed by atoms with Gasteiger partial charge in [0.2, 0.25) is 0 Å². The molecule has 0 heterocycles. The van der Waals surface area contributed by atoms with Gasteiger partial charge in [0.1, 0.15) is 25.3 Å². The van der Waals surface area contributed by atoms with E-state index in [1.54, 1.807) is 0 Å². The molecule has 5 nitrogen and oxygen atoms in total. The second-order valence-corrected chi connectivity index (χ2v) is 9.24. The first-order valence-electron chi connectivity index (χ1n) is 12.5. The van der Waals surface area contributed by atoms with Gasteiger partial charge in [-0.2, -0.15) is 0 Å². The van der Waals surface area contributed by atoms with Gasteiger partial charge in [-0.1, -0.05) is 41.5 Å². The fourth-order valence-electron chi connectivity index (χ4n) is 5.40. The molecule has 0 aromatic rings.